The van der Waals surface area contributed by atoms with Gasteiger partial charge in [-0.05, 0) is 52.0 Å². The minimum absolute atomic E-state index is 0.0401. The van der Waals surface area contributed by atoms with Gasteiger partial charge < -0.3 is 14.9 Å². The fraction of sp³-hybridized carbons (Fsp3) is 0.455. The van der Waals surface area contributed by atoms with Crippen molar-refractivity contribution in [3.63, 3.8) is 0 Å². The molecule has 1 aliphatic heterocycles. The molecule has 1 aliphatic carbocycles. The molecule has 30 heavy (non-hydrogen) atoms. The van der Waals surface area contributed by atoms with Crippen molar-refractivity contribution in [2.24, 2.45) is 5.16 Å². The van der Waals surface area contributed by atoms with Crippen molar-refractivity contribution < 1.29 is 19.3 Å². The molecule has 0 amide bonds. The molecule has 1 heterocycles. The van der Waals surface area contributed by atoms with E-state index in [1.54, 1.807) is 19.1 Å². The molecule has 0 aromatic heterocycles. The average molecular weight is 413 g/mol. The van der Waals surface area contributed by atoms with E-state index < -0.39 is 16.8 Å². The molecule has 2 aliphatic rings. The number of carbonyl (C=O) groups is 1. The third kappa shape index (κ3) is 4.37. The van der Waals surface area contributed by atoms with Crippen LogP contribution in [0.1, 0.15) is 57.9 Å². The Kier molecular flexibility index (Phi) is 6.54. The van der Waals surface area contributed by atoms with Crippen molar-refractivity contribution in [2.75, 3.05) is 7.11 Å². The number of esters is 1. The highest BCUT2D eigenvalue weighted by molar-refractivity contribution is 6.04. The number of carbonyl (C=O) groups excluding carboxylic acids is 1. The summed E-state index contributed by atoms with van der Waals surface area (Å²) >= 11 is 0. The minimum atomic E-state index is -0.561. The topological polar surface area (TPSA) is 103 Å². The number of nitrogens with one attached hydrogen (secondary N) is 1. The van der Waals surface area contributed by atoms with Crippen LogP contribution in [0.3, 0.4) is 0 Å². The fourth-order valence-electron chi connectivity index (χ4n) is 4.20. The summed E-state index contributed by atoms with van der Waals surface area (Å²) in [6.07, 6.45) is 4.33. The predicted molar refractivity (Wildman–Crippen MR) is 113 cm³/mol. The zero-order valence-corrected chi connectivity index (χ0v) is 17.7. The van der Waals surface area contributed by atoms with E-state index in [9.17, 15) is 14.9 Å². The maximum atomic E-state index is 12.7. The Bertz CT molecular complexity index is 942. The number of hydrogen-bond acceptors (Lipinski definition) is 7. The van der Waals surface area contributed by atoms with Gasteiger partial charge in [-0.1, -0.05) is 17.3 Å². The standard InChI is InChI=1S/C22H27N3O5/c1-13-19(15(3)24-30-18-10-5-6-11-18)21(20(14(2)23-13)22(26)29-4)16-8-7-9-17(12-16)25(27)28/h7-9,12,18,21,23H,5-6,10-11H2,1-4H3. The van der Waals surface area contributed by atoms with Crippen molar-refractivity contribution in [1.29, 1.82) is 0 Å². The lowest BCUT2D eigenvalue weighted by Crippen LogP contribution is -2.31. The Morgan fingerprint density at radius 3 is 2.50 bits per heavy atom. The molecule has 1 fully saturated rings. The maximum Gasteiger partial charge on any atom is 0.336 e. The van der Waals surface area contributed by atoms with Gasteiger partial charge in [0, 0.05) is 35.0 Å². The SMILES string of the molecule is COC(=O)C1=C(C)NC(C)=C(C(C)=NOC2CCCC2)C1c1cccc([N+](=O)[O-])c1. The van der Waals surface area contributed by atoms with Gasteiger partial charge in [-0.15, -0.1) is 0 Å². The lowest BCUT2D eigenvalue weighted by atomic mass is 9.78. The van der Waals surface area contributed by atoms with E-state index in [0.29, 0.717) is 22.5 Å². The first kappa shape index (κ1) is 21.5. The first-order valence-corrected chi connectivity index (χ1v) is 10.1. The minimum Gasteiger partial charge on any atom is -0.466 e. The largest absolute Gasteiger partial charge is 0.466 e. The quantitative estimate of drug-likeness (QED) is 0.322. The Labute approximate surface area is 175 Å². The number of benzene rings is 1. The average Bonchev–Trinajstić information content (AvgIpc) is 3.24. The second kappa shape index (κ2) is 9.11. The van der Waals surface area contributed by atoms with E-state index in [4.69, 9.17) is 9.57 Å². The summed E-state index contributed by atoms with van der Waals surface area (Å²) in [5.41, 5.74) is 3.81. The van der Waals surface area contributed by atoms with E-state index in [1.165, 1.54) is 19.2 Å². The van der Waals surface area contributed by atoms with Crippen molar-refractivity contribution in [3.8, 4) is 0 Å². The summed E-state index contributed by atoms with van der Waals surface area (Å²) in [4.78, 5) is 29.3. The number of nitro groups is 1. The molecule has 1 atom stereocenters. The molecule has 0 bridgehead atoms. The van der Waals surface area contributed by atoms with Crippen molar-refractivity contribution in [2.45, 2.75) is 58.5 Å². The van der Waals surface area contributed by atoms with Crippen LogP contribution in [0.2, 0.25) is 0 Å². The molecule has 1 N–H and O–H groups in total. The number of rotatable bonds is 6. The van der Waals surface area contributed by atoms with Crippen LogP contribution in [-0.2, 0) is 14.4 Å². The summed E-state index contributed by atoms with van der Waals surface area (Å²) < 4.78 is 5.03. The molecular formula is C22H27N3O5. The van der Waals surface area contributed by atoms with Gasteiger partial charge in [-0.3, -0.25) is 10.1 Å². The lowest BCUT2D eigenvalue weighted by molar-refractivity contribution is -0.384. The number of nitro benzene ring substituents is 1. The number of ether oxygens (including phenoxy) is 1. The van der Waals surface area contributed by atoms with Crippen LogP contribution in [-0.4, -0.2) is 29.8 Å². The monoisotopic (exact) mass is 413 g/mol. The van der Waals surface area contributed by atoms with Crippen LogP contribution < -0.4 is 5.32 Å². The van der Waals surface area contributed by atoms with Crippen LogP contribution in [0.5, 0.6) is 0 Å². The van der Waals surface area contributed by atoms with E-state index in [2.05, 4.69) is 10.5 Å². The number of oxime groups is 1. The molecule has 160 valence electrons. The van der Waals surface area contributed by atoms with Crippen molar-refractivity contribution >= 4 is 17.4 Å². The molecule has 1 aromatic rings. The predicted octanol–water partition coefficient (Wildman–Crippen LogP) is 4.34. The van der Waals surface area contributed by atoms with Gasteiger partial charge in [0.2, 0.25) is 0 Å². The molecule has 0 spiro atoms. The summed E-state index contributed by atoms with van der Waals surface area (Å²) in [5.74, 6) is -1.06. The molecule has 1 saturated carbocycles. The molecule has 0 saturated heterocycles. The maximum absolute atomic E-state index is 12.7. The van der Waals surface area contributed by atoms with Crippen molar-refractivity contribution in [3.05, 3.63) is 62.5 Å². The van der Waals surface area contributed by atoms with Gasteiger partial charge in [0.05, 0.1) is 23.3 Å². The third-order valence-corrected chi connectivity index (χ3v) is 5.61. The van der Waals surface area contributed by atoms with Crippen LogP contribution in [0, 0.1) is 10.1 Å². The van der Waals surface area contributed by atoms with E-state index in [0.717, 1.165) is 37.0 Å². The van der Waals surface area contributed by atoms with Gasteiger partial charge in [0.1, 0.15) is 6.10 Å². The molecule has 1 aromatic carbocycles. The Balaban J connectivity index is 2.09. The first-order chi connectivity index (χ1) is 14.3. The van der Waals surface area contributed by atoms with Gasteiger partial charge in [0.25, 0.3) is 5.69 Å². The number of nitrogens with zero attached hydrogens (tertiary/aromatic N) is 2. The number of allylic oxidation sites excluding steroid dienone is 3. The van der Waals surface area contributed by atoms with Gasteiger partial charge >= 0.3 is 5.97 Å². The molecule has 0 radical (unpaired) electrons. The zero-order chi connectivity index (χ0) is 21.8. The number of methoxy groups -OCH3 is 1. The number of non-ortho nitro benzene ring substituents is 1. The number of hydrogen-bond donors (Lipinski definition) is 1. The third-order valence-electron chi connectivity index (χ3n) is 5.61. The number of dihydropyridines is 1. The van der Waals surface area contributed by atoms with Gasteiger partial charge in [0.15, 0.2) is 0 Å². The lowest BCUT2D eigenvalue weighted by Gasteiger charge is -2.31. The molecule has 8 heteroatoms. The normalized spacial score (nSPS) is 20.3. The van der Waals surface area contributed by atoms with Crippen molar-refractivity contribution in [1.82, 2.24) is 5.32 Å². The van der Waals surface area contributed by atoms with E-state index >= 15 is 0 Å². The van der Waals surface area contributed by atoms with E-state index in [-0.39, 0.29) is 11.8 Å². The highest BCUT2D eigenvalue weighted by Gasteiger charge is 2.36. The van der Waals surface area contributed by atoms with Crippen LogP contribution >= 0.6 is 0 Å². The molecular weight excluding hydrogens is 386 g/mol. The highest BCUT2D eigenvalue weighted by atomic mass is 16.6. The molecule has 3 rings (SSSR count). The van der Waals surface area contributed by atoms with Gasteiger partial charge in [-0.25, -0.2) is 4.79 Å². The highest BCUT2D eigenvalue weighted by Crippen LogP contribution is 2.40. The molecule has 1 unspecified atom stereocenters. The second-order valence-corrected chi connectivity index (χ2v) is 7.67. The summed E-state index contributed by atoms with van der Waals surface area (Å²) in [5, 5.41) is 18.9. The Hall–Kier alpha value is -3.16. The summed E-state index contributed by atoms with van der Waals surface area (Å²) in [7, 11) is 1.32. The summed E-state index contributed by atoms with van der Waals surface area (Å²) in [6.45, 7) is 5.51. The Morgan fingerprint density at radius 2 is 1.87 bits per heavy atom. The Morgan fingerprint density at radius 1 is 1.20 bits per heavy atom. The zero-order valence-electron chi connectivity index (χ0n) is 17.7. The smallest absolute Gasteiger partial charge is 0.336 e. The van der Waals surface area contributed by atoms with Crippen LogP contribution in [0.15, 0.2) is 52.0 Å². The molecule has 8 nitrogen and oxygen atoms in total. The summed E-state index contributed by atoms with van der Waals surface area (Å²) in [6, 6.07) is 6.32. The van der Waals surface area contributed by atoms with E-state index in [1.807, 2.05) is 13.8 Å². The first-order valence-electron chi connectivity index (χ1n) is 10.1. The van der Waals surface area contributed by atoms with Gasteiger partial charge in [-0.2, -0.15) is 0 Å². The van der Waals surface area contributed by atoms with Crippen LogP contribution in [0.25, 0.3) is 0 Å². The second-order valence-electron chi connectivity index (χ2n) is 7.67. The van der Waals surface area contributed by atoms with Crippen LogP contribution in [0.4, 0.5) is 5.69 Å². The fourth-order valence-corrected chi connectivity index (χ4v) is 4.20.